The molecule has 0 radical (unpaired) electrons. The summed E-state index contributed by atoms with van der Waals surface area (Å²) in [5, 5.41) is 0. The van der Waals surface area contributed by atoms with Crippen molar-refractivity contribution in [2.45, 2.75) is 10.8 Å². The predicted octanol–water partition coefficient (Wildman–Crippen LogP) is 3.10. The van der Waals surface area contributed by atoms with Crippen LogP contribution in [-0.2, 0) is 39.5 Å². The van der Waals surface area contributed by atoms with Crippen molar-refractivity contribution in [3.63, 3.8) is 0 Å². The molecule has 2 spiro atoms. The minimum absolute atomic E-state index is 0.0334. The Morgan fingerprint density at radius 2 is 0.942 bits per heavy atom. The number of para-hydroxylation sites is 2. The minimum Gasteiger partial charge on any atom is -0.491 e. The Hall–Kier alpha value is -6.77. The highest BCUT2D eigenvalue weighted by Crippen LogP contribution is 2.56. The van der Waals surface area contributed by atoms with Gasteiger partial charge in [-0.25, -0.2) is 14.4 Å². The van der Waals surface area contributed by atoms with Crippen LogP contribution in [0.2, 0.25) is 0 Å². The number of hydrogen-bond acceptors (Lipinski definition) is 13. The minimum atomic E-state index is -1.61. The van der Waals surface area contributed by atoms with Gasteiger partial charge in [0.25, 0.3) is 0 Å². The Labute approximate surface area is 293 Å². The molecule has 2 unspecified atom stereocenters. The van der Waals surface area contributed by atoms with Gasteiger partial charge in [-0.15, -0.1) is 0 Å². The van der Waals surface area contributed by atoms with E-state index in [1.165, 1.54) is 9.80 Å². The summed E-state index contributed by atoms with van der Waals surface area (Å²) in [4.78, 5) is 69.6. The molecule has 2 amide bonds. The van der Waals surface area contributed by atoms with Gasteiger partial charge >= 0.3 is 18.1 Å². The van der Waals surface area contributed by atoms with Gasteiger partial charge in [-0.3, -0.25) is 19.4 Å². The fourth-order valence-electron chi connectivity index (χ4n) is 7.97. The molecule has 6 aliphatic rings. The number of ether oxygens (including phenoxy) is 8. The third-order valence-corrected chi connectivity index (χ3v) is 10.3. The van der Waals surface area contributed by atoms with Crippen LogP contribution in [0.1, 0.15) is 22.3 Å². The molecule has 4 aromatic rings. The Kier molecular flexibility index (Phi) is 6.14. The molecule has 0 aliphatic carbocycles. The molecule has 6 aliphatic heterocycles. The number of anilines is 2. The molecular weight excluding hydrogens is 680 g/mol. The van der Waals surface area contributed by atoms with Crippen molar-refractivity contribution in [3.8, 4) is 34.5 Å². The molecule has 0 saturated heterocycles. The van der Waals surface area contributed by atoms with Gasteiger partial charge in [0.2, 0.25) is 25.4 Å². The van der Waals surface area contributed by atoms with E-state index in [0.717, 1.165) is 0 Å². The summed E-state index contributed by atoms with van der Waals surface area (Å²) in [6, 6.07) is 20.5. The van der Waals surface area contributed by atoms with Gasteiger partial charge in [0.15, 0.2) is 23.0 Å². The largest absolute Gasteiger partial charge is 0.524 e. The predicted molar refractivity (Wildman–Crippen MR) is 173 cm³/mol. The van der Waals surface area contributed by atoms with Crippen LogP contribution >= 0.6 is 0 Å². The van der Waals surface area contributed by atoms with Gasteiger partial charge in [-0.2, -0.15) is 0 Å². The van der Waals surface area contributed by atoms with Crippen LogP contribution in [0.15, 0.2) is 72.8 Å². The fourth-order valence-corrected chi connectivity index (χ4v) is 7.97. The van der Waals surface area contributed by atoms with Crippen molar-refractivity contribution in [1.29, 1.82) is 0 Å². The van der Waals surface area contributed by atoms with Gasteiger partial charge in [-0.05, 0) is 35.4 Å². The summed E-state index contributed by atoms with van der Waals surface area (Å²) in [7, 11) is 0. The van der Waals surface area contributed by atoms with Crippen LogP contribution in [0, 0.1) is 0 Å². The zero-order chi connectivity index (χ0) is 35.4. The van der Waals surface area contributed by atoms with Gasteiger partial charge in [-0.1, -0.05) is 36.4 Å². The quantitative estimate of drug-likeness (QED) is 0.225. The van der Waals surface area contributed by atoms with Crippen molar-refractivity contribution < 1.29 is 61.9 Å². The van der Waals surface area contributed by atoms with Crippen molar-refractivity contribution >= 4 is 41.3 Å². The van der Waals surface area contributed by atoms with E-state index in [9.17, 15) is 24.0 Å². The zero-order valence-electron chi connectivity index (χ0n) is 26.9. The van der Waals surface area contributed by atoms with E-state index in [1.54, 1.807) is 72.8 Å². The number of hydrogen-bond donors (Lipinski definition) is 0. The number of amides is 2. The highest BCUT2D eigenvalue weighted by Gasteiger charge is 2.59. The summed E-state index contributed by atoms with van der Waals surface area (Å²) in [6.07, 6.45) is -1.61. The number of rotatable bonds is 4. The molecule has 0 saturated carbocycles. The Balaban J connectivity index is 0.843. The maximum Gasteiger partial charge on any atom is 0.524 e. The highest BCUT2D eigenvalue weighted by atomic mass is 16.8. The van der Waals surface area contributed by atoms with E-state index in [2.05, 4.69) is 0 Å². The van der Waals surface area contributed by atoms with Crippen LogP contribution in [0.4, 0.5) is 16.2 Å². The van der Waals surface area contributed by atoms with Crippen LogP contribution < -0.4 is 38.2 Å². The van der Waals surface area contributed by atoms with E-state index < -0.39 is 53.8 Å². The molecule has 4 aromatic carbocycles. The van der Waals surface area contributed by atoms with Crippen molar-refractivity contribution in [2.75, 3.05) is 49.7 Å². The van der Waals surface area contributed by atoms with E-state index in [1.807, 2.05) is 0 Å². The summed E-state index contributed by atoms with van der Waals surface area (Å²) >= 11 is 0. The standard InChI is InChI=1S/C37H24N2O13/c40-31(13-38-23-7-3-1-5-19(23)36(33(38)42)15-45-25-11-29-27(9-21(25)36)47-17-49-29)51-35(44)52-32(41)14-39-24-8-4-2-6-20(24)37(34(39)43)16-46-26-12-30-28(10-22(26)37)48-18-50-30/h1-12H,13-18H2. The number of carbonyl (C=O) groups excluding carboxylic acids is 5. The van der Waals surface area contributed by atoms with Gasteiger partial charge in [0.05, 0.1) is 0 Å². The molecule has 0 aromatic heterocycles. The smallest absolute Gasteiger partial charge is 0.491 e. The normalized spacial score (nSPS) is 21.8. The highest BCUT2D eigenvalue weighted by molar-refractivity contribution is 6.15. The third kappa shape index (κ3) is 3.98. The number of esters is 2. The van der Waals surface area contributed by atoms with E-state index in [-0.39, 0.29) is 26.8 Å². The second-order valence-electron chi connectivity index (χ2n) is 12.8. The topological polar surface area (TPSA) is 166 Å². The second-order valence-corrected chi connectivity index (χ2v) is 12.8. The summed E-state index contributed by atoms with van der Waals surface area (Å²) in [6.45, 7) is -1.34. The van der Waals surface area contributed by atoms with Crippen LogP contribution in [0.3, 0.4) is 0 Å². The molecule has 52 heavy (non-hydrogen) atoms. The van der Waals surface area contributed by atoms with Crippen molar-refractivity contribution in [3.05, 3.63) is 95.1 Å². The van der Waals surface area contributed by atoms with Gasteiger partial charge in [0, 0.05) is 34.6 Å². The number of fused-ring (bicyclic) bond motifs is 10. The number of carbonyl (C=O) groups is 5. The van der Waals surface area contributed by atoms with Crippen LogP contribution in [0.25, 0.3) is 0 Å². The average Bonchev–Trinajstić information content (AvgIpc) is 3.99. The average molecular weight is 705 g/mol. The lowest BCUT2D eigenvalue weighted by atomic mass is 9.77. The lowest BCUT2D eigenvalue weighted by Gasteiger charge is -2.23. The molecule has 10 rings (SSSR count). The summed E-state index contributed by atoms with van der Waals surface area (Å²) in [5.41, 5.74) is 0.558. The SMILES string of the molecule is O=C(CN1C(=O)C2(COc3cc4c(cc32)OCO4)c2ccccc21)OC(=O)OC(=O)CN1C(=O)C2(COc3cc4c(cc32)OCO4)c2ccccc21. The lowest BCUT2D eigenvalue weighted by Crippen LogP contribution is -2.45. The maximum atomic E-state index is 14.1. The first-order valence-corrected chi connectivity index (χ1v) is 16.2. The summed E-state index contributed by atoms with van der Waals surface area (Å²) in [5.74, 6) is -0.458. The second kappa shape index (κ2) is 10.6. The molecule has 2 atom stereocenters. The van der Waals surface area contributed by atoms with Crippen LogP contribution in [-0.4, -0.2) is 69.8 Å². The molecule has 0 fully saturated rings. The first-order valence-electron chi connectivity index (χ1n) is 16.2. The van der Waals surface area contributed by atoms with Crippen LogP contribution in [0.5, 0.6) is 34.5 Å². The van der Waals surface area contributed by atoms with Gasteiger partial charge in [0.1, 0.15) is 48.6 Å². The molecule has 6 heterocycles. The molecule has 15 nitrogen and oxygen atoms in total. The zero-order valence-corrected chi connectivity index (χ0v) is 26.9. The lowest BCUT2D eigenvalue weighted by molar-refractivity contribution is -0.146. The van der Waals surface area contributed by atoms with Crippen molar-refractivity contribution in [2.24, 2.45) is 0 Å². The van der Waals surface area contributed by atoms with E-state index in [0.29, 0.717) is 68.1 Å². The third-order valence-electron chi connectivity index (χ3n) is 10.3. The Morgan fingerprint density at radius 1 is 0.538 bits per heavy atom. The Bertz CT molecular complexity index is 2160. The first kappa shape index (κ1) is 30.1. The molecule has 260 valence electrons. The molecule has 0 N–H and O–H groups in total. The molecule has 0 bridgehead atoms. The number of benzene rings is 4. The Morgan fingerprint density at radius 3 is 1.38 bits per heavy atom. The van der Waals surface area contributed by atoms with E-state index in [4.69, 9.17) is 37.9 Å². The molecular formula is C37H24N2O13. The van der Waals surface area contributed by atoms with Gasteiger partial charge < -0.3 is 37.9 Å². The first-order chi connectivity index (χ1) is 25.3. The molecule has 15 heteroatoms. The van der Waals surface area contributed by atoms with E-state index >= 15 is 0 Å². The maximum absolute atomic E-state index is 14.1. The monoisotopic (exact) mass is 704 g/mol. The summed E-state index contributed by atoms with van der Waals surface area (Å²) < 4.78 is 43.6. The van der Waals surface area contributed by atoms with Crippen molar-refractivity contribution in [1.82, 2.24) is 0 Å². The fraction of sp³-hybridized carbons (Fsp3) is 0.216. The number of nitrogens with zero attached hydrogens (tertiary/aromatic N) is 2.